The Morgan fingerprint density at radius 3 is 2.68 bits per heavy atom. The maximum Gasteiger partial charge on any atom is 0.150 e. The van der Waals surface area contributed by atoms with Crippen molar-refractivity contribution in [2.45, 2.75) is 44.1 Å². The smallest absolute Gasteiger partial charge is 0.150 e. The molecule has 2 heterocycles. The van der Waals surface area contributed by atoms with Gasteiger partial charge in [0.15, 0.2) is 9.84 Å². The highest BCUT2D eigenvalue weighted by Crippen LogP contribution is 2.32. The van der Waals surface area contributed by atoms with Gasteiger partial charge in [-0.25, -0.2) is 8.42 Å². The third kappa shape index (κ3) is 3.31. The van der Waals surface area contributed by atoms with Gasteiger partial charge in [-0.15, -0.1) is 0 Å². The zero-order chi connectivity index (χ0) is 13.3. The minimum Gasteiger partial charge on any atom is -0.310 e. The van der Waals surface area contributed by atoms with Crippen LogP contribution in [0.4, 0.5) is 0 Å². The third-order valence-corrected chi connectivity index (χ3v) is 6.92. The molecule has 2 saturated heterocycles. The molecule has 3 rings (SSSR count). The number of sulfone groups is 1. The Morgan fingerprint density at radius 2 is 2.00 bits per heavy atom. The fourth-order valence-electron chi connectivity index (χ4n) is 4.14. The number of nitrogens with zero attached hydrogens (tertiary/aromatic N) is 1. The molecule has 1 aliphatic carbocycles. The van der Waals surface area contributed by atoms with Crippen LogP contribution in [0.25, 0.3) is 0 Å². The molecule has 0 aromatic rings. The van der Waals surface area contributed by atoms with Crippen LogP contribution in [-0.4, -0.2) is 56.5 Å². The topological polar surface area (TPSA) is 49.4 Å². The normalized spacial score (nSPS) is 34.6. The van der Waals surface area contributed by atoms with Crippen LogP contribution in [0.3, 0.4) is 0 Å². The van der Waals surface area contributed by atoms with E-state index in [-0.39, 0.29) is 0 Å². The van der Waals surface area contributed by atoms with E-state index in [0.29, 0.717) is 23.0 Å². The Kier molecular flexibility index (Phi) is 3.89. The summed E-state index contributed by atoms with van der Waals surface area (Å²) < 4.78 is 23.1. The Labute approximate surface area is 116 Å². The van der Waals surface area contributed by atoms with Gasteiger partial charge in [0.2, 0.25) is 0 Å². The molecule has 0 bridgehead atoms. The first-order valence-corrected chi connectivity index (χ1v) is 9.57. The van der Waals surface area contributed by atoms with E-state index in [0.717, 1.165) is 32.6 Å². The first kappa shape index (κ1) is 13.8. The molecule has 1 saturated carbocycles. The third-order valence-electron chi connectivity index (χ3n) is 5.08. The number of hydrogen-bond donors (Lipinski definition) is 1. The molecule has 3 aliphatic rings. The average Bonchev–Trinajstić information content (AvgIpc) is 2.85. The van der Waals surface area contributed by atoms with Crippen LogP contribution >= 0.6 is 0 Å². The second-order valence-electron chi connectivity index (χ2n) is 6.77. The molecule has 2 aliphatic heterocycles. The Hall–Kier alpha value is -0.130. The summed E-state index contributed by atoms with van der Waals surface area (Å²) in [5, 5.41) is 3.77. The van der Waals surface area contributed by atoms with E-state index < -0.39 is 9.84 Å². The van der Waals surface area contributed by atoms with E-state index in [1.165, 1.54) is 32.1 Å². The monoisotopic (exact) mass is 286 g/mol. The van der Waals surface area contributed by atoms with Crippen LogP contribution < -0.4 is 5.32 Å². The number of rotatable bonds is 2. The molecule has 19 heavy (non-hydrogen) atoms. The number of nitrogens with one attached hydrogen (secondary N) is 1. The maximum absolute atomic E-state index is 11.6. The molecular weight excluding hydrogens is 260 g/mol. The molecule has 5 heteroatoms. The lowest BCUT2D eigenvalue weighted by Gasteiger charge is -2.34. The van der Waals surface area contributed by atoms with Crippen LogP contribution in [0, 0.1) is 5.92 Å². The Morgan fingerprint density at radius 1 is 1.21 bits per heavy atom. The molecule has 0 radical (unpaired) electrons. The van der Waals surface area contributed by atoms with Crippen LogP contribution in [-0.2, 0) is 9.84 Å². The lowest BCUT2D eigenvalue weighted by molar-refractivity contribution is 0.189. The van der Waals surface area contributed by atoms with Crippen molar-refractivity contribution in [3.8, 4) is 0 Å². The summed E-state index contributed by atoms with van der Waals surface area (Å²) in [4.78, 5) is 2.54. The van der Waals surface area contributed by atoms with Crippen molar-refractivity contribution in [1.29, 1.82) is 0 Å². The molecule has 1 unspecified atom stereocenters. The van der Waals surface area contributed by atoms with Gasteiger partial charge in [0.05, 0.1) is 11.5 Å². The lowest BCUT2D eigenvalue weighted by atomic mass is 9.96. The fourth-order valence-corrected chi connectivity index (χ4v) is 5.99. The van der Waals surface area contributed by atoms with Gasteiger partial charge in [0.1, 0.15) is 0 Å². The van der Waals surface area contributed by atoms with Gasteiger partial charge in [0.25, 0.3) is 0 Å². The van der Waals surface area contributed by atoms with Crippen molar-refractivity contribution < 1.29 is 8.42 Å². The van der Waals surface area contributed by atoms with Crippen LogP contribution in [0.1, 0.15) is 38.5 Å². The predicted octanol–water partition coefficient (Wildman–Crippen LogP) is 1.03. The van der Waals surface area contributed by atoms with E-state index in [9.17, 15) is 8.42 Å². The van der Waals surface area contributed by atoms with Crippen molar-refractivity contribution in [1.82, 2.24) is 10.2 Å². The van der Waals surface area contributed by atoms with Gasteiger partial charge in [-0.1, -0.05) is 12.8 Å². The first-order valence-electron chi connectivity index (χ1n) is 7.75. The van der Waals surface area contributed by atoms with Crippen molar-refractivity contribution in [2.75, 3.05) is 37.7 Å². The van der Waals surface area contributed by atoms with Crippen LogP contribution in [0.2, 0.25) is 0 Å². The van der Waals surface area contributed by atoms with Gasteiger partial charge in [-0.3, -0.25) is 0 Å². The fraction of sp³-hybridized carbons (Fsp3) is 1.00. The molecule has 1 atom stereocenters. The summed E-state index contributed by atoms with van der Waals surface area (Å²) in [6.07, 6.45) is 7.36. The molecule has 110 valence electrons. The van der Waals surface area contributed by atoms with Crippen LogP contribution in [0.5, 0.6) is 0 Å². The Balaban J connectivity index is 1.60. The summed E-state index contributed by atoms with van der Waals surface area (Å²) in [5.74, 6) is 1.21. The van der Waals surface area contributed by atoms with Gasteiger partial charge >= 0.3 is 0 Å². The zero-order valence-electron chi connectivity index (χ0n) is 11.7. The highest BCUT2D eigenvalue weighted by molar-refractivity contribution is 7.91. The van der Waals surface area contributed by atoms with Crippen molar-refractivity contribution in [3.63, 3.8) is 0 Å². The second kappa shape index (κ2) is 5.34. The SMILES string of the molecule is O=S1(=O)CCC(CN2CCCNC3(CCCC3)C2)C1. The summed E-state index contributed by atoms with van der Waals surface area (Å²) in [6, 6.07) is 0. The molecule has 1 N–H and O–H groups in total. The molecule has 0 amide bonds. The average molecular weight is 286 g/mol. The molecule has 0 aromatic heterocycles. The lowest BCUT2D eigenvalue weighted by Crippen LogP contribution is -2.50. The largest absolute Gasteiger partial charge is 0.310 e. The minimum atomic E-state index is -2.73. The summed E-state index contributed by atoms with van der Waals surface area (Å²) >= 11 is 0. The predicted molar refractivity (Wildman–Crippen MR) is 77.0 cm³/mol. The quantitative estimate of drug-likeness (QED) is 0.824. The van der Waals surface area contributed by atoms with Crippen LogP contribution in [0.15, 0.2) is 0 Å². The molecular formula is C14H26N2O2S. The second-order valence-corrected chi connectivity index (χ2v) is 9.00. The van der Waals surface area contributed by atoms with Crippen molar-refractivity contribution in [3.05, 3.63) is 0 Å². The summed E-state index contributed by atoms with van der Waals surface area (Å²) in [6.45, 7) is 4.37. The van der Waals surface area contributed by atoms with E-state index in [1.54, 1.807) is 0 Å². The molecule has 1 spiro atoms. The minimum absolute atomic E-state index is 0.341. The van der Waals surface area contributed by atoms with Gasteiger partial charge in [-0.2, -0.15) is 0 Å². The van der Waals surface area contributed by atoms with Gasteiger partial charge in [0, 0.05) is 18.6 Å². The standard InChI is InChI=1S/C14H26N2O2S/c17-19(18)9-4-13(11-19)10-16-8-3-7-15-14(12-16)5-1-2-6-14/h13,15H,1-12H2. The van der Waals surface area contributed by atoms with E-state index in [4.69, 9.17) is 0 Å². The molecule has 4 nitrogen and oxygen atoms in total. The highest BCUT2D eigenvalue weighted by Gasteiger charge is 2.37. The van der Waals surface area contributed by atoms with E-state index >= 15 is 0 Å². The molecule has 0 aromatic carbocycles. The van der Waals surface area contributed by atoms with Gasteiger partial charge < -0.3 is 10.2 Å². The summed E-state index contributed by atoms with van der Waals surface area (Å²) in [5.41, 5.74) is 0.341. The molecule has 3 fully saturated rings. The van der Waals surface area contributed by atoms with Crippen molar-refractivity contribution >= 4 is 9.84 Å². The maximum atomic E-state index is 11.6. The zero-order valence-corrected chi connectivity index (χ0v) is 12.6. The summed E-state index contributed by atoms with van der Waals surface area (Å²) in [7, 11) is -2.73. The van der Waals surface area contributed by atoms with Gasteiger partial charge in [-0.05, 0) is 44.7 Å². The van der Waals surface area contributed by atoms with E-state index in [1.807, 2.05) is 0 Å². The number of hydrogen-bond acceptors (Lipinski definition) is 4. The Bertz CT molecular complexity index is 415. The first-order chi connectivity index (χ1) is 9.07. The van der Waals surface area contributed by atoms with Crippen molar-refractivity contribution in [2.24, 2.45) is 5.92 Å². The van der Waals surface area contributed by atoms with E-state index in [2.05, 4.69) is 10.2 Å². The highest BCUT2D eigenvalue weighted by atomic mass is 32.2.